The molecule has 4 nitrogen and oxygen atoms in total. The molecule has 0 fully saturated rings. The third-order valence-corrected chi connectivity index (χ3v) is 5.43. The summed E-state index contributed by atoms with van der Waals surface area (Å²) in [5.41, 5.74) is 2.32. The van der Waals surface area contributed by atoms with E-state index in [-0.39, 0.29) is 6.61 Å². The monoisotopic (exact) mass is 358 g/mol. The number of benzene rings is 2. The van der Waals surface area contributed by atoms with Crippen LogP contribution in [0.3, 0.4) is 0 Å². The molecular formula is C18H18N2O2S2. The van der Waals surface area contributed by atoms with Crippen molar-refractivity contribution in [2.45, 2.75) is 17.4 Å². The summed E-state index contributed by atoms with van der Waals surface area (Å²) in [7, 11) is 0. The smallest absolute Gasteiger partial charge is 0.174 e. The Labute approximate surface area is 149 Å². The van der Waals surface area contributed by atoms with Gasteiger partial charge in [0.05, 0.1) is 6.10 Å². The number of thioether (sulfide) groups is 1. The fourth-order valence-electron chi connectivity index (χ4n) is 2.12. The van der Waals surface area contributed by atoms with Crippen LogP contribution >= 0.6 is 23.1 Å². The van der Waals surface area contributed by atoms with Crippen LogP contribution in [0.2, 0.25) is 0 Å². The van der Waals surface area contributed by atoms with Gasteiger partial charge in [-0.2, -0.15) is 0 Å². The molecule has 3 rings (SSSR count). The quantitative estimate of drug-likeness (QED) is 0.646. The largest absolute Gasteiger partial charge is 0.491 e. The highest BCUT2D eigenvalue weighted by Crippen LogP contribution is 2.24. The van der Waals surface area contributed by atoms with E-state index in [9.17, 15) is 5.11 Å². The van der Waals surface area contributed by atoms with Crippen molar-refractivity contribution in [1.29, 1.82) is 0 Å². The number of ether oxygens (including phenoxy) is 1. The Bertz CT molecular complexity index is 760. The predicted molar refractivity (Wildman–Crippen MR) is 98.7 cm³/mol. The van der Waals surface area contributed by atoms with Gasteiger partial charge < -0.3 is 9.84 Å². The lowest BCUT2D eigenvalue weighted by atomic mass is 10.1. The van der Waals surface area contributed by atoms with Crippen molar-refractivity contribution in [1.82, 2.24) is 10.2 Å². The maximum atomic E-state index is 10.0. The topological polar surface area (TPSA) is 55.2 Å². The second-order valence-corrected chi connectivity index (χ2v) is 7.70. The fraction of sp³-hybridized carbons (Fsp3) is 0.222. The van der Waals surface area contributed by atoms with E-state index in [0.717, 1.165) is 20.7 Å². The van der Waals surface area contributed by atoms with Crippen LogP contribution in [0.1, 0.15) is 5.01 Å². The molecule has 1 N–H and O–H groups in total. The lowest BCUT2D eigenvalue weighted by Gasteiger charge is -2.11. The molecule has 2 aromatic carbocycles. The van der Waals surface area contributed by atoms with Gasteiger partial charge in [-0.1, -0.05) is 65.6 Å². The van der Waals surface area contributed by atoms with Gasteiger partial charge in [0.25, 0.3) is 0 Å². The molecule has 124 valence electrons. The second-order valence-electron chi connectivity index (χ2n) is 5.25. The zero-order chi connectivity index (χ0) is 16.8. The molecular weight excluding hydrogens is 340 g/mol. The van der Waals surface area contributed by atoms with Gasteiger partial charge in [-0.05, 0) is 30.2 Å². The molecule has 3 aromatic rings. The van der Waals surface area contributed by atoms with Crippen molar-refractivity contribution >= 4 is 23.1 Å². The van der Waals surface area contributed by atoms with Crippen LogP contribution < -0.4 is 4.74 Å². The maximum Gasteiger partial charge on any atom is 0.174 e. The molecule has 1 heterocycles. The van der Waals surface area contributed by atoms with Gasteiger partial charge in [0.15, 0.2) is 4.34 Å². The minimum atomic E-state index is -0.548. The number of hydrogen-bond acceptors (Lipinski definition) is 6. The maximum absolute atomic E-state index is 10.0. The van der Waals surface area contributed by atoms with Crippen LogP contribution in [-0.2, 0) is 0 Å². The molecule has 0 aliphatic carbocycles. The predicted octanol–water partition coefficient (Wildman–Crippen LogP) is 4.05. The molecule has 0 spiro atoms. The van der Waals surface area contributed by atoms with Crippen LogP contribution in [0.25, 0.3) is 11.1 Å². The minimum Gasteiger partial charge on any atom is -0.491 e. The number of nitrogens with zero attached hydrogens (tertiary/aromatic N) is 2. The molecule has 0 unspecified atom stereocenters. The van der Waals surface area contributed by atoms with Crippen LogP contribution in [0.15, 0.2) is 58.9 Å². The number of hydrogen-bond donors (Lipinski definition) is 1. The first-order chi connectivity index (χ1) is 11.7. The summed E-state index contributed by atoms with van der Waals surface area (Å²) in [5, 5.41) is 18.9. The van der Waals surface area contributed by atoms with Gasteiger partial charge in [0.1, 0.15) is 17.4 Å². The van der Waals surface area contributed by atoms with Gasteiger partial charge in [-0.15, -0.1) is 10.2 Å². The van der Waals surface area contributed by atoms with E-state index in [0.29, 0.717) is 5.75 Å². The normalized spacial score (nSPS) is 12.1. The van der Waals surface area contributed by atoms with Crippen LogP contribution in [0.4, 0.5) is 0 Å². The molecule has 1 aromatic heterocycles. The zero-order valence-electron chi connectivity index (χ0n) is 13.3. The summed E-state index contributed by atoms with van der Waals surface area (Å²) in [6, 6.07) is 18.1. The van der Waals surface area contributed by atoms with Crippen LogP contribution in [0.5, 0.6) is 5.75 Å². The van der Waals surface area contributed by atoms with E-state index in [4.69, 9.17) is 4.74 Å². The molecule has 0 bridgehead atoms. The average Bonchev–Trinajstić information content (AvgIpc) is 3.05. The van der Waals surface area contributed by atoms with Gasteiger partial charge in [0.2, 0.25) is 0 Å². The molecule has 1 atom stereocenters. The Morgan fingerprint density at radius 2 is 1.75 bits per heavy atom. The molecule has 24 heavy (non-hydrogen) atoms. The minimum absolute atomic E-state index is 0.259. The molecule has 0 amide bonds. The highest BCUT2D eigenvalue weighted by atomic mass is 32.2. The second kappa shape index (κ2) is 8.28. The summed E-state index contributed by atoms with van der Waals surface area (Å²) < 4.78 is 6.53. The van der Waals surface area contributed by atoms with Crippen molar-refractivity contribution in [3.8, 4) is 16.9 Å². The zero-order valence-corrected chi connectivity index (χ0v) is 14.9. The summed E-state index contributed by atoms with van der Waals surface area (Å²) >= 11 is 3.03. The first kappa shape index (κ1) is 17.0. The third-order valence-electron chi connectivity index (χ3n) is 3.31. The summed E-state index contributed by atoms with van der Waals surface area (Å²) in [4.78, 5) is 0. The highest BCUT2D eigenvalue weighted by Gasteiger charge is 2.09. The van der Waals surface area contributed by atoms with E-state index in [1.54, 1.807) is 0 Å². The van der Waals surface area contributed by atoms with Crippen molar-refractivity contribution in [3.05, 3.63) is 59.6 Å². The van der Waals surface area contributed by atoms with Crippen LogP contribution in [0, 0.1) is 6.92 Å². The van der Waals surface area contributed by atoms with Crippen molar-refractivity contribution in [2.24, 2.45) is 0 Å². The van der Waals surface area contributed by atoms with Crippen molar-refractivity contribution in [3.63, 3.8) is 0 Å². The van der Waals surface area contributed by atoms with Gasteiger partial charge in [-0.3, -0.25) is 0 Å². The van der Waals surface area contributed by atoms with E-state index < -0.39 is 6.10 Å². The van der Waals surface area contributed by atoms with Gasteiger partial charge >= 0.3 is 0 Å². The Kier molecular flexibility index (Phi) is 5.85. The highest BCUT2D eigenvalue weighted by molar-refractivity contribution is 8.01. The van der Waals surface area contributed by atoms with Gasteiger partial charge in [0, 0.05) is 5.75 Å². The van der Waals surface area contributed by atoms with E-state index in [2.05, 4.69) is 22.3 Å². The third kappa shape index (κ3) is 4.80. The molecule has 6 heteroatoms. The molecule has 0 aliphatic rings. The fourth-order valence-corrected chi connectivity index (χ4v) is 3.87. The lowest BCUT2D eigenvalue weighted by Crippen LogP contribution is -2.20. The Balaban J connectivity index is 1.47. The molecule has 0 saturated heterocycles. The number of aromatic nitrogens is 2. The summed E-state index contributed by atoms with van der Waals surface area (Å²) in [6.45, 7) is 2.18. The molecule has 0 radical (unpaired) electrons. The SMILES string of the molecule is Cc1nnc(SC[C@@H](O)COc2ccc(-c3ccccc3)cc2)s1. The number of rotatable bonds is 7. The lowest BCUT2D eigenvalue weighted by molar-refractivity contribution is 0.126. The standard InChI is InChI=1S/C18H18N2O2S2/c1-13-19-20-18(24-13)23-12-16(21)11-22-17-9-7-15(8-10-17)14-5-3-2-4-6-14/h2-10,16,21H,11-12H2,1H3/t16-/m0/s1. The first-order valence-corrected chi connectivity index (χ1v) is 9.40. The van der Waals surface area contributed by atoms with E-state index >= 15 is 0 Å². The molecule has 0 saturated carbocycles. The van der Waals surface area contributed by atoms with E-state index in [1.807, 2.05) is 49.4 Å². The number of aliphatic hydroxyl groups is 1. The van der Waals surface area contributed by atoms with Crippen molar-refractivity contribution in [2.75, 3.05) is 12.4 Å². The summed E-state index contributed by atoms with van der Waals surface area (Å²) in [5.74, 6) is 1.29. The van der Waals surface area contributed by atoms with E-state index in [1.165, 1.54) is 28.7 Å². The Morgan fingerprint density at radius 1 is 1.04 bits per heavy atom. The number of aryl methyl sites for hydroxylation is 1. The molecule has 0 aliphatic heterocycles. The Morgan fingerprint density at radius 3 is 2.42 bits per heavy atom. The van der Waals surface area contributed by atoms with Crippen molar-refractivity contribution < 1.29 is 9.84 Å². The average molecular weight is 358 g/mol. The summed E-state index contributed by atoms with van der Waals surface area (Å²) in [6.07, 6.45) is -0.548. The number of aliphatic hydroxyl groups excluding tert-OH is 1. The first-order valence-electron chi connectivity index (χ1n) is 7.60. The van der Waals surface area contributed by atoms with Crippen LogP contribution in [-0.4, -0.2) is 33.8 Å². The Hall–Kier alpha value is -1.89. The van der Waals surface area contributed by atoms with Gasteiger partial charge in [-0.25, -0.2) is 0 Å².